The zero-order chi connectivity index (χ0) is 14.2. The maximum Gasteiger partial charge on any atom is 0.161 e. The van der Waals surface area contributed by atoms with Crippen LogP contribution in [0, 0.1) is 5.82 Å². The molecule has 0 saturated heterocycles. The Bertz CT molecular complexity index is 723. The Morgan fingerprint density at radius 1 is 1.20 bits per heavy atom. The van der Waals surface area contributed by atoms with E-state index in [4.69, 9.17) is 0 Å². The highest BCUT2D eigenvalue weighted by Crippen LogP contribution is 2.41. The molecule has 7 heteroatoms. The minimum Gasteiger partial charge on any atom is -0.228 e. The molecule has 106 valence electrons. The van der Waals surface area contributed by atoms with Crippen LogP contribution < -0.4 is 0 Å². The van der Waals surface area contributed by atoms with Crippen molar-refractivity contribution in [3.8, 4) is 0 Å². The number of hydrogen-bond donors (Lipinski definition) is 0. The quantitative estimate of drug-likeness (QED) is 0.851. The third kappa shape index (κ3) is 3.21. The fourth-order valence-electron chi connectivity index (χ4n) is 1.91. The molecule has 1 aliphatic carbocycles. The van der Waals surface area contributed by atoms with Crippen molar-refractivity contribution in [2.24, 2.45) is 0 Å². The van der Waals surface area contributed by atoms with Crippen LogP contribution in [-0.4, -0.2) is 18.6 Å². The van der Waals surface area contributed by atoms with E-state index in [9.17, 15) is 12.8 Å². The van der Waals surface area contributed by atoms with Gasteiger partial charge in [-0.1, -0.05) is 18.2 Å². The van der Waals surface area contributed by atoms with Gasteiger partial charge < -0.3 is 0 Å². The highest BCUT2D eigenvalue weighted by atomic mass is 32.2. The van der Waals surface area contributed by atoms with Gasteiger partial charge in [-0.3, -0.25) is 0 Å². The molecule has 0 amide bonds. The first-order chi connectivity index (χ1) is 9.53. The van der Waals surface area contributed by atoms with Crippen molar-refractivity contribution in [2.75, 3.05) is 0 Å². The van der Waals surface area contributed by atoms with Crippen LogP contribution >= 0.6 is 11.3 Å². The number of sulfone groups is 1. The van der Waals surface area contributed by atoms with E-state index in [-0.39, 0.29) is 17.1 Å². The number of nitrogens with zero attached hydrogens (tertiary/aromatic N) is 2. The summed E-state index contributed by atoms with van der Waals surface area (Å²) in [5, 5.41) is 9.35. The van der Waals surface area contributed by atoms with Crippen LogP contribution in [-0.2, 0) is 21.3 Å². The van der Waals surface area contributed by atoms with Crippen LogP contribution in [0.25, 0.3) is 0 Å². The number of aromatic nitrogens is 2. The van der Waals surface area contributed by atoms with Gasteiger partial charge in [0.25, 0.3) is 0 Å². The lowest BCUT2D eigenvalue weighted by atomic mass is 10.2. The average Bonchev–Trinajstić information content (AvgIpc) is 3.13. The first-order valence-electron chi connectivity index (χ1n) is 6.29. The topological polar surface area (TPSA) is 59.9 Å². The summed E-state index contributed by atoms with van der Waals surface area (Å²) in [7, 11) is -3.43. The van der Waals surface area contributed by atoms with Gasteiger partial charge >= 0.3 is 0 Å². The molecule has 1 fully saturated rings. The number of benzene rings is 1. The van der Waals surface area contributed by atoms with Gasteiger partial charge in [-0.2, -0.15) is 0 Å². The Morgan fingerprint density at radius 2 is 1.95 bits per heavy atom. The molecule has 0 radical (unpaired) electrons. The molecule has 0 bridgehead atoms. The number of halogens is 1. The summed E-state index contributed by atoms with van der Waals surface area (Å²) in [4.78, 5) is 0. The molecule has 1 heterocycles. The molecule has 4 nitrogen and oxygen atoms in total. The summed E-state index contributed by atoms with van der Waals surface area (Å²) in [6.07, 6.45) is 2.22. The molecule has 1 aliphatic rings. The van der Waals surface area contributed by atoms with Gasteiger partial charge in [0.2, 0.25) is 0 Å². The molecular formula is C13H13FN2O2S2. The minimum absolute atomic E-state index is 0.175. The molecule has 0 N–H and O–H groups in total. The van der Waals surface area contributed by atoms with Crippen LogP contribution in [0.2, 0.25) is 0 Å². The minimum atomic E-state index is -3.43. The van der Waals surface area contributed by atoms with Crippen LogP contribution in [0.5, 0.6) is 0 Å². The van der Waals surface area contributed by atoms with E-state index in [1.54, 1.807) is 6.07 Å². The highest BCUT2D eigenvalue weighted by Gasteiger charge is 2.28. The lowest BCUT2D eigenvalue weighted by molar-refractivity contribution is 0.586. The van der Waals surface area contributed by atoms with E-state index in [2.05, 4.69) is 10.2 Å². The summed E-state index contributed by atoms with van der Waals surface area (Å²) in [5.74, 6) is -0.508. The van der Waals surface area contributed by atoms with E-state index in [1.165, 1.54) is 29.5 Å². The van der Waals surface area contributed by atoms with Gasteiger partial charge in [-0.15, -0.1) is 21.5 Å². The van der Waals surface area contributed by atoms with Gasteiger partial charge in [-0.25, -0.2) is 12.8 Å². The SMILES string of the molecule is O=S(=O)(Cc1nnc(C2CC2)s1)Cc1ccccc1F. The van der Waals surface area contributed by atoms with E-state index < -0.39 is 15.7 Å². The molecule has 0 atom stereocenters. The summed E-state index contributed by atoms with van der Waals surface area (Å²) >= 11 is 1.35. The second-order valence-corrected chi connectivity index (χ2v) is 8.09. The second kappa shape index (κ2) is 5.21. The number of hydrogen-bond acceptors (Lipinski definition) is 5. The Hall–Kier alpha value is -1.34. The van der Waals surface area contributed by atoms with Crippen LogP contribution in [0.3, 0.4) is 0 Å². The van der Waals surface area contributed by atoms with Crippen LogP contribution in [0.1, 0.15) is 34.3 Å². The summed E-state index contributed by atoms with van der Waals surface area (Å²) < 4.78 is 37.7. The molecular weight excluding hydrogens is 299 g/mol. The van der Waals surface area contributed by atoms with Crippen molar-refractivity contribution in [1.82, 2.24) is 10.2 Å². The van der Waals surface area contributed by atoms with Crippen LogP contribution in [0.15, 0.2) is 24.3 Å². The highest BCUT2D eigenvalue weighted by molar-refractivity contribution is 7.89. The van der Waals surface area contributed by atoms with Crippen LogP contribution in [0.4, 0.5) is 4.39 Å². The van der Waals surface area contributed by atoms with Gasteiger partial charge in [0.1, 0.15) is 21.6 Å². The van der Waals surface area contributed by atoms with Crippen molar-refractivity contribution in [2.45, 2.75) is 30.3 Å². The molecule has 1 aromatic heterocycles. The third-order valence-corrected chi connectivity index (χ3v) is 5.82. The van der Waals surface area contributed by atoms with E-state index in [0.29, 0.717) is 10.9 Å². The maximum atomic E-state index is 13.5. The first kappa shape index (κ1) is 13.6. The maximum absolute atomic E-state index is 13.5. The summed E-state index contributed by atoms with van der Waals surface area (Å²) in [6, 6.07) is 5.92. The Balaban J connectivity index is 1.73. The Kier molecular flexibility index (Phi) is 3.55. The lowest BCUT2D eigenvalue weighted by Gasteiger charge is -2.03. The Labute approximate surface area is 120 Å². The predicted molar refractivity (Wildman–Crippen MR) is 74.6 cm³/mol. The van der Waals surface area contributed by atoms with Crippen molar-refractivity contribution in [3.05, 3.63) is 45.7 Å². The molecule has 3 rings (SSSR count). The fraction of sp³-hybridized carbons (Fsp3) is 0.385. The molecule has 1 saturated carbocycles. The van der Waals surface area contributed by atoms with E-state index in [1.807, 2.05) is 0 Å². The molecule has 0 spiro atoms. The van der Waals surface area contributed by atoms with Gasteiger partial charge in [-0.05, 0) is 18.9 Å². The third-order valence-electron chi connectivity index (χ3n) is 3.09. The zero-order valence-corrected chi connectivity index (χ0v) is 12.3. The first-order valence-corrected chi connectivity index (χ1v) is 8.93. The Morgan fingerprint density at radius 3 is 2.65 bits per heavy atom. The fourth-order valence-corrected chi connectivity index (χ4v) is 4.74. The molecule has 0 aliphatic heterocycles. The zero-order valence-electron chi connectivity index (χ0n) is 10.6. The summed E-state index contributed by atoms with van der Waals surface area (Å²) in [6.45, 7) is 0. The van der Waals surface area contributed by atoms with E-state index >= 15 is 0 Å². The van der Waals surface area contributed by atoms with Gasteiger partial charge in [0.15, 0.2) is 9.84 Å². The second-order valence-electron chi connectivity index (χ2n) is 4.93. The molecule has 2 aromatic rings. The van der Waals surface area contributed by atoms with Gasteiger partial charge in [0, 0.05) is 11.5 Å². The number of rotatable bonds is 5. The monoisotopic (exact) mass is 312 g/mol. The predicted octanol–water partition coefficient (Wildman–Crippen LogP) is 2.67. The van der Waals surface area contributed by atoms with E-state index in [0.717, 1.165) is 17.8 Å². The van der Waals surface area contributed by atoms with Crippen molar-refractivity contribution in [3.63, 3.8) is 0 Å². The summed E-state index contributed by atoms with van der Waals surface area (Å²) in [5.41, 5.74) is 0.194. The molecule has 0 unspecified atom stereocenters. The normalized spacial score (nSPS) is 15.4. The van der Waals surface area contributed by atoms with Crippen molar-refractivity contribution >= 4 is 21.2 Å². The standard InChI is InChI=1S/C13H13FN2O2S2/c14-11-4-2-1-3-10(11)7-20(17,18)8-12-15-16-13(19-12)9-5-6-9/h1-4,9H,5-8H2. The molecule has 20 heavy (non-hydrogen) atoms. The molecule has 1 aromatic carbocycles. The largest absolute Gasteiger partial charge is 0.228 e. The van der Waals surface area contributed by atoms with Crippen molar-refractivity contribution in [1.29, 1.82) is 0 Å². The van der Waals surface area contributed by atoms with Gasteiger partial charge in [0.05, 0.1) is 5.75 Å². The lowest BCUT2D eigenvalue weighted by Crippen LogP contribution is -2.08. The van der Waals surface area contributed by atoms with Crippen molar-refractivity contribution < 1.29 is 12.8 Å². The smallest absolute Gasteiger partial charge is 0.161 e. The average molecular weight is 312 g/mol.